The van der Waals surface area contributed by atoms with Gasteiger partial charge in [0.25, 0.3) is 0 Å². The smallest absolute Gasteiger partial charge is 0.224 e. The Bertz CT molecular complexity index is 499. The van der Waals surface area contributed by atoms with Gasteiger partial charge < -0.3 is 15.4 Å². The maximum Gasteiger partial charge on any atom is 0.224 e. The summed E-state index contributed by atoms with van der Waals surface area (Å²) in [7, 11) is -1.83. The van der Waals surface area contributed by atoms with Crippen LogP contribution in [0.2, 0.25) is 0 Å². The molecule has 18 heavy (non-hydrogen) atoms. The number of hydrogen-bond donors (Lipinski definition) is 2. The normalized spacial score (nSPS) is 29.4. The van der Waals surface area contributed by atoms with Crippen molar-refractivity contribution in [2.75, 3.05) is 7.11 Å². The van der Waals surface area contributed by atoms with Crippen LogP contribution in [-0.2, 0) is 10.7 Å². The van der Waals surface area contributed by atoms with Gasteiger partial charge in [-0.25, -0.2) is 0 Å². The first kappa shape index (κ1) is 13.3. The number of nitrogens with two attached hydrogens (primary N) is 1. The standard InChI is InChI=1S/C13H18NO3P/c1-3-11-8-13(11,14)18(15,16)9-10-4-6-12(17-2)7-5-10/h3-7,11H,1,8-9,14H2,2H3,(H,15,16). The van der Waals surface area contributed by atoms with Crippen LogP contribution < -0.4 is 10.5 Å². The highest BCUT2D eigenvalue weighted by Crippen LogP contribution is 2.69. The van der Waals surface area contributed by atoms with Crippen LogP contribution in [-0.4, -0.2) is 17.3 Å². The van der Waals surface area contributed by atoms with Gasteiger partial charge in [0.1, 0.15) is 11.0 Å². The van der Waals surface area contributed by atoms with Crippen molar-refractivity contribution in [2.45, 2.75) is 17.9 Å². The van der Waals surface area contributed by atoms with Crippen LogP contribution in [0.25, 0.3) is 0 Å². The van der Waals surface area contributed by atoms with E-state index >= 15 is 0 Å². The molecule has 2 rings (SSSR count). The van der Waals surface area contributed by atoms with Crippen LogP contribution in [0.1, 0.15) is 12.0 Å². The number of ether oxygens (including phenoxy) is 1. The monoisotopic (exact) mass is 267 g/mol. The fraction of sp³-hybridized carbons (Fsp3) is 0.385. The Hall–Kier alpha value is -1.09. The van der Waals surface area contributed by atoms with Crippen LogP contribution in [0.15, 0.2) is 36.9 Å². The molecule has 98 valence electrons. The predicted molar refractivity (Wildman–Crippen MR) is 71.7 cm³/mol. The van der Waals surface area contributed by atoms with Gasteiger partial charge in [0, 0.05) is 5.92 Å². The second-order valence-electron chi connectivity index (χ2n) is 4.75. The molecule has 3 unspecified atom stereocenters. The molecule has 1 aliphatic carbocycles. The molecule has 3 atom stereocenters. The number of rotatable bonds is 5. The molecule has 1 fully saturated rings. The van der Waals surface area contributed by atoms with Gasteiger partial charge in [-0.1, -0.05) is 18.2 Å². The summed E-state index contributed by atoms with van der Waals surface area (Å²) in [5, 5.41) is -0.978. The average Bonchev–Trinajstić information content (AvgIpc) is 3.03. The number of methoxy groups -OCH3 is 1. The van der Waals surface area contributed by atoms with Crippen molar-refractivity contribution in [1.82, 2.24) is 0 Å². The van der Waals surface area contributed by atoms with E-state index < -0.39 is 12.6 Å². The fourth-order valence-corrected chi connectivity index (χ4v) is 4.21. The first-order valence-electron chi connectivity index (χ1n) is 5.79. The largest absolute Gasteiger partial charge is 0.497 e. The maximum absolute atomic E-state index is 12.3. The van der Waals surface area contributed by atoms with Gasteiger partial charge in [0.15, 0.2) is 0 Å². The molecule has 0 spiro atoms. The molecule has 0 aliphatic heterocycles. The van der Waals surface area contributed by atoms with Gasteiger partial charge in [0.05, 0.1) is 13.3 Å². The number of benzene rings is 1. The molecule has 1 aromatic rings. The molecule has 5 heteroatoms. The van der Waals surface area contributed by atoms with Crippen LogP contribution >= 0.6 is 7.37 Å². The van der Waals surface area contributed by atoms with Gasteiger partial charge >= 0.3 is 0 Å². The van der Waals surface area contributed by atoms with Gasteiger partial charge in [-0.15, -0.1) is 6.58 Å². The molecular formula is C13H18NO3P. The molecule has 1 aliphatic rings. The number of hydrogen-bond acceptors (Lipinski definition) is 3. The van der Waals surface area contributed by atoms with E-state index in [1.807, 2.05) is 0 Å². The predicted octanol–water partition coefficient (Wildman–Crippen LogP) is 2.33. The Labute approximate surface area is 107 Å². The van der Waals surface area contributed by atoms with Crippen LogP contribution in [0.4, 0.5) is 0 Å². The lowest BCUT2D eigenvalue weighted by Crippen LogP contribution is -2.25. The van der Waals surface area contributed by atoms with Gasteiger partial charge in [-0.2, -0.15) is 0 Å². The van der Waals surface area contributed by atoms with Crippen molar-refractivity contribution in [3.8, 4) is 5.75 Å². The fourth-order valence-electron chi connectivity index (χ4n) is 2.11. The Morgan fingerprint density at radius 3 is 2.67 bits per heavy atom. The zero-order valence-corrected chi connectivity index (χ0v) is 11.3. The summed E-state index contributed by atoms with van der Waals surface area (Å²) in [5.41, 5.74) is 6.77. The molecule has 0 bridgehead atoms. The third kappa shape index (κ3) is 2.24. The van der Waals surface area contributed by atoms with E-state index in [-0.39, 0.29) is 12.1 Å². The van der Waals surface area contributed by atoms with E-state index in [0.717, 1.165) is 11.3 Å². The molecule has 1 aromatic carbocycles. The molecular weight excluding hydrogens is 249 g/mol. The lowest BCUT2D eigenvalue weighted by molar-refractivity contribution is 0.414. The Morgan fingerprint density at radius 2 is 2.22 bits per heavy atom. The van der Waals surface area contributed by atoms with Crippen molar-refractivity contribution in [3.63, 3.8) is 0 Å². The summed E-state index contributed by atoms with van der Waals surface area (Å²) in [4.78, 5) is 10.1. The van der Waals surface area contributed by atoms with Crippen molar-refractivity contribution in [3.05, 3.63) is 42.5 Å². The first-order chi connectivity index (χ1) is 8.43. The Kier molecular flexibility index (Phi) is 3.37. The van der Waals surface area contributed by atoms with Crippen molar-refractivity contribution >= 4 is 7.37 Å². The molecule has 0 heterocycles. The molecule has 0 amide bonds. The van der Waals surface area contributed by atoms with E-state index in [4.69, 9.17) is 10.5 Å². The average molecular weight is 267 g/mol. The second-order valence-corrected chi connectivity index (χ2v) is 7.30. The highest BCUT2D eigenvalue weighted by atomic mass is 31.2. The lowest BCUT2D eigenvalue weighted by Gasteiger charge is -2.19. The highest BCUT2D eigenvalue weighted by Gasteiger charge is 2.61. The Balaban J connectivity index is 2.13. The van der Waals surface area contributed by atoms with E-state index in [2.05, 4.69) is 6.58 Å². The van der Waals surface area contributed by atoms with Crippen LogP contribution in [0, 0.1) is 5.92 Å². The van der Waals surface area contributed by atoms with E-state index in [1.165, 1.54) is 0 Å². The summed E-state index contributed by atoms with van der Waals surface area (Å²) < 4.78 is 17.4. The van der Waals surface area contributed by atoms with Crippen molar-refractivity contribution < 1.29 is 14.2 Å². The third-order valence-corrected chi connectivity index (χ3v) is 6.13. The second kappa shape index (κ2) is 4.54. The topological polar surface area (TPSA) is 72.6 Å². The van der Waals surface area contributed by atoms with E-state index in [0.29, 0.717) is 6.42 Å². The SMILES string of the molecule is C=CC1CC1(N)P(=O)(O)Cc1ccc(OC)cc1. The first-order valence-corrected chi connectivity index (χ1v) is 7.64. The van der Waals surface area contributed by atoms with Gasteiger partial charge in [0.2, 0.25) is 7.37 Å². The minimum Gasteiger partial charge on any atom is -0.497 e. The summed E-state index contributed by atoms with van der Waals surface area (Å²) in [6.45, 7) is 3.63. The molecule has 0 saturated heterocycles. The molecule has 3 N–H and O–H groups in total. The quantitative estimate of drug-likeness (QED) is 0.634. The highest BCUT2D eigenvalue weighted by molar-refractivity contribution is 7.59. The van der Waals surface area contributed by atoms with Gasteiger partial charge in [-0.3, -0.25) is 4.57 Å². The summed E-state index contributed by atoms with van der Waals surface area (Å²) in [6, 6.07) is 7.12. The molecule has 0 radical (unpaired) electrons. The van der Waals surface area contributed by atoms with Crippen molar-refractivity contribution in [1.29, 1.82) is 0 Å². The van der Waals surface area contributed by atoms with Gasteiger partial charge in [-0.05, 0) is 24.1 Å². The summed E-state index contributed by atoms with van der Waals surface area (Å²) in [6.07, 6.45) is 2.30. The lowest BCUT2D eigenvalue weighted by atomic mass is 10.2. The molecule has 4 nitrogen and oxygen atoms in total. The minimum atomic E-state index is -3.42. The zero-order valence-electron chi connectivity index (χ0n) is 10.4. The molecule has 0 aromatic heterocycles. The van der Waals surface area contributed by atoms with Crippen molar-refractivity contribution in [2.24, 2.45) is 11.7 Å². The summed E-state index contributed by atoms with van der Waals surface area (Å²) in [5.74, 6) is 0.677. The zero-order chi connectivity index (χ0) is 13.4. The van der Waals surface area contributed by atoms with Crippen LogP contribution in [0.5, 0.6) is 5.75 Å². The minimum absolute atomic E-state index is 0.0495. The maximum atomic E-state index is 12.3. The Morgan fingerprint density at radius 1 is 1.61 bits per heavy atom. The van der Waals surface area contributed by atoms with Crippen LogP contribution in [0.3, 0.4) is 0 Å². The molecule has 1 saturated carbocycles. The third-order valence-electron chi connectivity index (χ3n) is 3.52. The van der Waals surface area contributed by atoms with E-state index in [1.54, 1.807) is 37.5 Å². The summed E-state index contributed by atoms with van der Waals surface area (Å²) >= 11 is 0. The van der Waals surface area contributed by atoms with E-state index in [9.17, 15) is 9.46 Å².